The van der Waals surface area contributed by atoms with Gasteiger partial charge in [-0.3, -0.25) is 4.79 Å². The van der Waals surface area contributed by atoms with E-state index in [1.54, 1.807) is 6.07 Å². The highest BCUT2D eigenvalue weighted by molar-refractivity contribution is 7.22. The molecule has 6 heteroatoms. The molecule has 116 valence electrons. The molecule has 4 rings (SSSR count). The van der Waals surface area contributed by atoms with E-state index in [0.717, 1.165) is 48.6 Å². The molecule has 4 nitrogen and oxygen atoms in total. The van der Waals surface area contributed by atoms with Crippen molar-refractivity contribution in [2.24, 2.45) is 5.92 Å². The summed E-state index contributed by atoms with van der Waals surface area (Å²) in [7, 11) is 0. The molecule has 2 aromatic rings. The summed E-state index contributed by atoms with van der Waals surface area (Å²) in [5.41, 5.74) is 0.464. The highest BCUT2D eigenvalue weighted by Crippen LogP contribution is 2.32. The van der Waals surface area contributed by atoms with Gasteiger partial charge in [0.2, 0.25) is 5.91 Å². The second kappa shape index (κ2) is 5.50. The Hall–Kier alpha value is -1.69. The van der Waals surface area contributed by atoms with E-state index < -0.39 is 0 Å². The number of piperidine rings is 1. The summed E-state index contributed by atoms with van der Waals surface area (Å²) in [6.45, 7) is 1.72. The molecule has 1 aliphatic carbocycles. The number of nitrogens with one attached hydrogen (secondary N) is 1. The molecule has 0 atom stereocenters. The molecule has 1 saturated carbocycles. The summed E-state index contributed by atoms with van der Waals surface area (Å²) >= 11 is 1.54. The van der Waals surface area contributed by atoms with Gasteiger partial charge < -0.3 is 10.2 Å². The number of amides is 1. The molecular weight excluding hydrogens is 301 g/mol. The lowest BCUT2D eigenvalue weighted by Gasteiger charge is -2.32. The quantitative estimate of drug-likeness (QED) is 0.946. The highest BCUT2D eigenvalue weighted by Gasteiger charge is 2.32. The van der Waals surface area contributed by atoms with Crippen LogP contribution in [0.25, 0.3) is 10.2 Å². The third-order valence-electron chi connectivity index (χ3n) is 4.42. The SMILES string of the molecule is O=C(NC1CCN(c2nc3c(F)cccc3s2)CC1)C1CC1. The second-order valence-corrected chi connectivity index (χ2v) is 7.14. The van der Waals surface area contributed by atoms with Crippen LogP contribution in [-0.2, 0) is 4.79 Å². The van der Waals surface area contributed by atoms with Gasteiger partial charge in [-0.25, -0.2) is 9.37 Å². The van der Waals surface area contributed by atoms with Crippen molar-refractivity contribution in [3.05, 3.63) is 24.0 Å². The van der Waals surface area contributed by atoms with Gasteiger partial charge >= 0.3 is 0 Å². The van der Waals surface area contributed by atoms with Crippen LogP contribution < -0.4 is 10.2 Å². The Labute approximate surface area is 132 Å². The lowest BCUT2D eigenvalue weighted by Crippen LogP contribution is -2.45. The van der Waals surface area contributed by atoms with Crippen LogP contribution >= 0.6 is 11.3 Å². The Morgan fingerprint density at radius 2 is 2.05 bits per heavy atom. The van der Waals surface area contributed by atoms with Crippen LogP contribution in [-0.4, -0.2) is 30.0 Å². The Balaban J connectivity index is 1.41. The average Bonchev–Trinajstić information content (AvgIpc) is 3.28. The molecule has 1 aliphatic heterocycles. The number of benzene rings is 1. The van der Waals surface area contributed by atoms with E-state index in [2.05, 4.69) is 15.2 Å². The summed E-state index contributed by atoms with van der Waals surface area (Å²) in [5.74, 6) is 0.234. The van der Waals surface area contributed by atoms with Crippen molar-refractivity contribution in [3.8, 4) is 0 Å². The first-order chi connectivity index (χ1) is 10.7. The zero-order chi connectivity index (χ0) is 15.1. The van der Waals surface area contributed by atoms with Crippen molar-refractivity contribution in [2.75, 3.05) is 18.0 Å². The average molecular weight is 319 g/mol. The van der Waals surface area contributed by atoms with E-state index in [-0.39, 0.29) is 23.7 Å². The lowest BCUT2D eigenvalue weighted by molar-refractivity contribution is -0.123. The van der Waals surface area contributed by atoms with E-state index in [0.29, 0.717) is 5.52 Å². The van der Waals surface area contributed by atoms with Gasteiger partial charge in [0.1, 0.15) is 11.3 Å². The van der Waals surface area contributed by atoms with E-state index in [9.17, 15) is 9.18 Å². The smallest absolute Gasteiger partial charge is 0.223 e. The predicted molar refractivity (Wildman–Crippen MR) is 85.7 cm³/mol. The number of anilines is 1. The van der Waals surface area contributed by atoms with Gasteiger partial charge in [-0.15, -0.1) is 0 Å². The van der Waals surface area contributed by atoms with E-state index in [1.165, 1.54) is 17.4 Å². The Bertz CT molecular complexity index is 704. The summed E-state index contributed by atoms with van der Waals surface area (Å²) in [5, 5.41) is 4.03. The van der Waals surface area contributed by atoms with Crippen LogP contribution in [0.15, 0.2) is 18.2 Å². The molecule has 0 spiro atoms. The fourth-order valence-electron chi connectivity index (χ4n) is 2.92. The highest BCUT2D eigenvalue weighted by atomic mass is 32.1. The van der Waals surface area contributed by atoms with E-state index >= 15 is 0 Å². The van der Waals surface area contributed by atoms with Crippen molar-refractivity contribution in [1.29, 1.82) is 0 Å². The van der Waals surface area contributed by atoms with E-state index in [4.69, 9.17) is 0 Å². The summed E-state index contributed by atoms with van der Waals surface area (Å²) in [6, 6.07) is 5.35. The van der Waals surface area contributed by atoms with Gasteiger partial charge in [-0.2, -0.15) is 0 Å². The molecule has 2 heterocycles. The molecule has 1 amide bonds. The maximum absolute atomic E-state index is 13.7. The third-order valence-corrected chi connectivity index (χ3v) is 5.50. The number of rotatable bonds is 3. The molecule has 1 aromatic heterocycles. The molecule has 2 aliphatic rings. The van der Waals surface area contributed by atoms with Crippen molar-refractivity contribution in [3.63, 3.8) is 0 Å². The molecule has 0 radical (unpaired) electrons. The molecule has 2 fully saturated rings. The molecule has 1 saturated heterocycles. The molecule has 0 unspecified atom stereocenters. The van der Waals surface area contributed by atoms with Gasteiger partial charge in [-0.05, 0) is 37.8 Å². The monoisotopic (exact) mass is 319 g/mol. The third kappa shape index (κ3) is 2.67. The first-order valence-electron chi connectivity index (χ1n) is 7.81. The number of fused-ring (bicyclic) bond motifs is 1. The van der Waals surface area contributed by atoms with Crippen LogP contribution in [0.3, 0.4) is 0 Å². The minimum atomic E-state index is -0.258. The van der Waals surface area contributed by atoms with Crippen LogP contribution in [0.4, 0.5) is 9.52 Å². The van der Waals surface area contributed by atoms with Gasteiger partial charge in [0, 0.05) is 25.0 Å². The van der Waals surface area contributed by atoms with Crippen LogP contribution in [0, 0.1) is 11.7 Å². The first-order valence-corrected chi connectivity index (χ1v) is 8.63. The van der Waals surface area contributed by atoms with Gasteiger partial charge in [0.15, 0.2) is 5.13 Å². The second-order valence-electron chi connectivity index (χ2n) is 6.13. The fourth-order valence-corrected chi connectivity index (χ4v) is 3.95. The first kappa shape index (κ1) is 13.9. The van der Waals surface area contributed by atoms with Gasteiger partial charge in [0.05, 0.1) is 4.70 Å². The Morgan fingerprint density at radius 1 is 1.27 bits per heavy atom. The number of hydrogen-bond acceptors (Lipinski definition) is 4. The van der Waals surface area contributed by atoms with Crippen LogP contribution in [0.1, 0.15) is 25.7 Å². The molecule has 0 bridgehead atoms. The van der Waals surface area contributed by atoms with Gasteiger partial charge in [0.25, 0.3) is 0 Å². The standard InChI is InChI=1S/C16H18FN3OS/c17-12-2-1-3-13-14(12)19-16(22-13)20-8-6-11(7-9-20)18-15(21)10-4-5-10/h1-3,10-11H,4-9H2,(H,18,21). The number of nitrogens with zero attached hydrogens (tertiary/aromatic N) is 2. The number of carbonyl (C=O) groups is 1. The molecule has 1 N–H and O–H groups in total. The van der Waals surface area contributed by atoms with Crippen molar-refractivity contribution in [1.82, 2.24) is 10.3 Å². The fraction of sp³-hybridized carbons (Fsp3) is 0.500. The lowest BCUT2D eigenvalue weighted by atomic mass is 10.1. The van der Waals surface area contributed by atoms with Crippen molar-refractivity contribution >= 4 is 32.6 Å². The molecular formula is C16H18FN3OS. The topological polar surface area (TPSA) is 45.2 Å². The zero-order valence-corrected chi connectivity index (χ0v) is 13.0. The summed E-state index contributed by atoms with van der Waals surface area (Å²) in [6.07, 6.45) is 3.94. The number of carbonyl (C=O) groups excluding carboxylic acids is 1. The minimum Gasteiger partial charge on any atom is -0.353 e. The Kier molecular flexibility index (Phi) is 3.48. The zero-order valence-electron chi connectivity index (χ0n) is 12.2. The maximum atomic E-state index is 13.7. The van der Waals surface area contributed by atoms with Crippen LogP contribution in [0.5, 0.6) is 0 Å². The van der Waals surface area contributed by atoms with E-state index in [1.807, 2.05) is 6.07 Å². The van der Waals surface area contributed by atoms with Crippen LogP contribution in [0.2, 0.25) is 0 Å². The molecule has 1 aromatic carbocycles. The predicted octanol–water partition coefficient (Wildman–Crippen LogP) is 2.93. The molecule has 22 heavy (non-hydrogen) atoms. The maximum Gasteiger partial charge on any atom is 0.223 e. The number of aromatic nitrogens is 1. The minimum absolute atomic E-state index is 0.223. The van der Waals surface area contributed by atoms with Gasteiger partial charge in [-0.1, -0.05) is 17.4 Å². The van der Waals surface area contributed by atoms with Crippen molar-refractivity contribution < 1.29 is 9.18 Å². The Morgan fingerprint density at radius 3 is 2.73 bits per heavy atom. The number of halogens is 1. The number of thiazole rings is 1. The largest absolute Gasteiger partial charge is 0.353 e. The van der Waals surface area contributed by atoms with Crippen molar-refractivity contribution in [2.45, 2.75) is 31.7 Å². The summed E-state index contributed by atoms with van der Waals surface area (Å²) in [4.78, 5) is 18.4. The summed E-state index contributed by atoms with van der Waals surface area (Å²) < 4.78 is 14.6. The number of para-hydroxylation sites is 1. The number of hydrogen-bond donors (Lipinski definition) is 1. The normalized spacial score (nSPS) is 19.6.